The van der Waals surface area contributed by atoms with Gasteiger partial charge in [-0.15, -0.1) is 0 Å². The van der Waals surface area contributed by atoms with Crippen LogP contribution in [0.4, 0.5) is 4.79 Å². The Morgan fingerprint density at radius 3 is 2.41 bits per heavy atom. The average Bonchev–Trinajstić information content (AvgIpc) is 1.93. The molecule has 0 aliphatic heterocycles. The first-order valence-electron chi connectivity index (χ1n) is 5.88. The van der Waals surface area contributed by atoms with E-state index in [1.165, 1.54) is 5.57 Å². The van der Waals surface area contributed by atoms with Crippen LogP contribution in [0.3, 0.4) is 0 Å². The molecule has 0 aromatic heterocycles. The quantitative estimate of drug-likeness (QED) is 0.642. The van der Waals surface area contributed by atoms with Gasteiger partial charge in [-0.2, -0.15) is 0 Å². The van der Waals surface area contributed by atoms with Crippen molar-refractivity contribution in [2.45, 2.75) is 53.6 Å². The molecule has 0 aromatic rings. The molecule has 1 rings (SSSR count). The summed E-state index contributed by atoms with van der Waals surface area (Å²) in [6.07, 6.45) is 4.18. The Kier molecular flexibility index (Phi) is 3.70. The summed E-state index contributed by atoms with van der Waals surface area (Å²) in [7, 11) is 0. The van der Waals surface area contributed by atoms with Gasteiger partial charge in [-0.3, -0.25) is 0 Å². The summed E-state index contributed by atoms with van der Waals surface area (Å²) in [5, 5.41) is 0. The molecule has 3 heteroatoms. The lowest BCUT2D eigenvalue weighted by atomic mass is 9.82. The molecule has 0 amide bonds. The van der Waals surface area contributed by atoms with E-state index in [0.29, 0.717) is 5.76 Å². The van der Waals surface area contributed by atoms with E-state index in [9.17, 15) is 4.79 Å². The van der Waals surface area contributed by atoms with Crippen molar-refractivity contribution in [1.82, 2.24) is 0 Å². The summed E-state index contributed by atoms with van der Waals surface area (Å²) in [5.74, 6) is 0.577. The van der Waals surface area contributed by atoms with Gasteiger partial charge in [0.15, 0.2) is 0 Å². The molecule has 0 N–H and O–H groups in total. The minimum atomic E-state index is -0.648. The first-order chi connectivity index (χ1) is 7.57. The Labute approximate surface area is 103 Å². The van der Waals surface area contributed by atoms with Gasteiger partial charge >= 0.3 is 6.16 Å². The lowest BCUT2D eigenvalue weighted by Gasteiger charge is -2.26. The van der Waals surface area contributed by atoms with Crippen molar-refractivity contribution in [3.8, 4) is 0 Å². The van der Waals surface area contributed by atoms with Crippen LogP contribution in [0.15, 0.2) is 23.5 Å². The Morgan fingerprint density at radius 1 is 1.35 bits per heavy atom. The second-order valence-electron chi connectivity index (χ2n) is 6.27. The maximum atomic E-state index is 11.5. The maximum absolute atomic E-state index is 11.5. The van der Waals surface area contributed by atoms with Crippen LogP contribution in [0, 0.1) is 5.41 Å². The fourth-order valence-electron chi connectivity index (χ4n) is 1.92. The molecule has 0 heterocycles. The van der Waals surface area contributed by atoms with E-state index in [2.05, 4.69) is 13.8 Å². The molecule has 1 aliphatic rings. The van der Waals surface area contributed by atoms with Crippen LogP contribution < -0.4 is 0 Å². The van der Waals surface area contributed by atoms with Crippen molar-refractivity contribution in [3.05, 3.63) is 23.5 Å². The number of hydrogen-bond donors (Lipinski definition) is 0. The second kappa shape index (κ2) is 4.55. The average molecular weight is 238 g/mol. The number of ether oxygens (including phenoxy) is 2. The Hall–Kier alpha value is -1.25. The predicted octanol–water partition coefficient (Wildman–Crippen LogP) is 4.20. The van der Waals surface area contributed by atoms with E-state index >= 15 is 0 Å². The van der Waals surface area contributed by atoms with Crippen LogP contribution >= 0.6 is 0 Å². The van der Waals surface area contributed by atoms with Gasteiger partial charge < -0.3 is 9.47 Å². The van der Waals surface area contributed by atoms with Crippen LogP contribution in [0.5, 0.6) is 0 Å². The second-order valence-corrected chi connectivity index (χ2v) is 6.27. The van der Waals surface area contributed by atoms with Gasteiger partial charge in [-0.1, -0.05) is 19.4 Å². The number of rotatable bonds is 1. The zero-order valence-electron chi connectivity index (χ0n) is 11.6. The molecule has 0 saturated carbocycles. The van der Waals surface area contributed by atoms with E-state index in [4.69, 9.17) is 9.47 Å². The van der Waals surface area contributed by atoms with Gasteiger partial charge in [-0.25, -0.2) is 4.79 Å². The molecule has 3 nitrogen and oxygen atoms in total. The van der Waals surface area contributed by atoms with Crippen molar-refractivity contribution >= 4 is 6.16 Å². The summed E-state index contributed by atoms with van der Waals surface area (Å²) < 4.78 is 10.3. The minimum Gasteiger partial charge on any atom is -0.428 e. The lowest BCUT2D eigenvalue weighted by molar-refractivity contribution is 0.00733. The summed E-state index contributed by atoms with van der Waals surface area (Å²) in [5.41, 5.74) is 0.701. The molecule has 96 valence electrons. The third-order valence-electron chi connectivity index (χ3n) is 2.25. The van der Waals surface area contributed by atoms with Gasteiger partial charge in [-0.05, 0) is 51.7 Å². The zero-order valence-corrected chi connectivity index (χ0v) is 11.6. The highest BCUT2D eigenvalue weighted by molar-refractivity contribution is 5.62. The molecule has 17 heavy (non-hydrogen) atoms. The zero-order chi connectivity index (χ0) is 13.3. The molecular weight excluding hydrogens is 216 g/mol. The molecule has 0 saturated heterocycles. The van der Waals surface area contributed by atoms with Crippen LogP contribution in [0.1, 0.15) is 48.0 Å². The van der Waals surface area contributed by atoms with Crippen molar-refractivity contribution < 1.29 is 14.3 Å². The van der Waals surface area contributed by atoms with Gasteiger partial charge in [0.1, 0.15) is 11.4 Å². The highest BCUT2D eigenvalue weighted by atomic mass is 16.7. The first-order valence-corrected chi connectivity index (χ1v) is 5.88. The van der Waals surface area contributed by atoms with Crippen molar-refractivity contribution in [1.29, 1.82) is 0 Å². The SMILES string of the molecule is CC1=CC(OC(=O)OC(C)(C)C)=CC(C)(C)C1. The van der Waals surface area contributed by atoms with Crippen LogP contribution in [-0.4, -0.2) is 11.8 Å². The highest BCUT2D eigenvalue weighted by Crippen LogP contribution is 2.33. The summed E-state index contributed by atoms with van der Waals surface area (Å²) in [4.78, 5) is 11.5. The predicted molar refractivity (Wildman–Crippen MR) is 67.6 cm³/mol. The molecule has 0 fully saturated rings. The van der Waals surface area contributed by atoms with E-state index in [0.717, 1.165) is 6.42 Å². The third kappa shape index (κ3) is 5.07. The molecule has 0 unspecified atom stereocenters. The topological polar surface area (TPSA) is 35.5 Å². The van der Waals surface area contributed by atoms with Gasteiger partial charge in [0.25, 0.3) is 0 Å². The van der Waals surface area contributed by atoms with Crippen molar-refractivity contribution in [2.24, 2.45) is 5.41 Å². The lowest BCUT2D eigenvalue weighted by Crippen LogP contribution is -2.25. The molecule has 1 aliphatic carbocycles. The fourth-order valence-corrected chi connectivity index (χ4v) is 1.92. The standard InChI is InChI=1S/C14H22O3/c1-10-7-11(9-14(5,6)8-10)16-12(15)17-13(2,3)4/h7,9H,8H2,1-6H3. The number of carbonyl (C=O) groups excluding carboxylic acids is 1. The molecule has 0 spiro atoms. The largest absolute Gasteiger partial charge is 0.514 e. The normalized spacial score (nSPS) is 19.2. The Bertz CT molecular complexity index is 367. The molecule has 0 radical (unpaired) electrons. The molecule has 0 aromatic carbocycles. The minimum absolute atomic E-state index is 0.0240. The number of carbonyl (C=O) groups is 1. The van der Waals surface area contributed by atoms with Gasteiger partial charge in [0.2, 0.25) is 0 Å². The van der Waals surface area contributed by atoms with Crippen LogP contribution in [0.25, 0.3) is 0 Å². The van der Waals surface area contributed by atoms with Gasteiger partial charge in [0, 0.05) is 0 Å². The van der Waals surface area contributed by atoms with Crippen molar-refractivity contribution in [2.75, 3.05) is 0 Å². The Morgan fingerprint density at radius 2 is 1.94 bits per heavy atom. The van der Waals surface area contributed by atoms with E-state index < -0.39 is 11.8 Å². The first kappa shape index (κ1) is 13.8. The summed E-state index contributed by atoms with van der Waals surface area (Å²) in [6.45, 7) is 11.7. The molecule has 0 bridgehead atoms. The van der Waals surface area contributed by atoms with E-state index in [-0.39, 0.29) is 5.41 Å². The highest BCUT2D eigenvalue weighted by Gasteiger charge is 2.24. The molecule has 0 atom stereocenters. The number of hydrogen-bond acceptors (Lipinski definition) is 3. The third-order valence-corrected chi connectivity index (χ3v) is 2.25. The van der Waals surface area contributed by atoms with E-state index in [1.54, 1.807) is 0 Å². The molecular formula is C14H22O3. The van der Waals surface area contributed by atoms with Gasteiger partial charge in [0.05, 0.1) is 0 Å². The monoisotopic (exact) mass is 238 g/mol. The maximum Gasteiger partial charge on any atom is 0.514 e. The smallest absolute Gasteiger partial charge is 0.428 e. The summed E-state index contributed by atoms with van der Waals surface area (Å²) >= 11 is 0. The Balaban J connectivity index is 2.69. The fraction of sp³-hybridized carbons (Fsp3) is 0.643. The van der Waals surface area contributed by atoms with Crippen LogP contribution in [-0.2, 0) is 9.47 Å². The summed E-state index contributed by atoms with van der Waals surface area (Å²) in [6, 6.07) is 0. The van der Waals surface area contributed by atoms with E-state index in [1.807, 2.05) is 39.8 Å². The van der Waals surface area contributed by atoms with Crippen LogP contribution in [0.2, 0.25) is 0 Å². The van der Waals surface area contributed by atoms with Crippen molar-refractivity contribution in [3.63, 3.8) is 0 Å². The number of allylic oxidation sites excluding steroid dienone is 3.